The van der Waals surface area contributed by atoms with Crippen molar-refractivity contribution in [1.29, 1.82) is 0 Å². The first kappa shape index (κ1) is 10.2. The zero-order valence-electron chi connectivity index (χ0n) is 8.61. The molecule has 1 heterocycles. The highest BCUT2D eigenvalue weighted by Crippen LogP contribution is 2.30. The van der Waals surface area contributed by atoms with E-state index in [4.69, 9.17) is 0 Å². The van der Waals surface area contributed by atoms with Gasteiger partial charge in [-0.3, -0.25) is 4.21 Å². The molecule has 0 bridgehead atoms. The molecule has 5 heteroatoms. The summed E-state index contributed by atoms with van der Waals surface area (Å²) in [5.74, 6) is 0.168. The van der Waals surface area contributed by atoms with Crippen LogP contribution in [0.15, 0.2) is 18.2 Å². The molecule has 1 aromatic carbocycles. The maximum absolute atomic E-state index is 11.8. The molecule has 0 saturated carbocycles. The topological polar surface area (TPSA) is 55.4 Å². The van der Waals surface area contributed by atoms with E-state index in [-0.39, 0.29) is 5.97 Å². The second-order valence-corrected chi connectivity index (χ2v) is 6.48. The van der Waals surface area contributed by atoms with Gasteiger partial charge in [0.25, 0.3) is 0 Å². The van der Waals surface area contributed by atoms with Gasteiger partial charge in [-0.05, 0) is 27.8 Å². The Hall–Kier alpha value is -1.36. The number of carbonyl (C=O) groups is 1. The monoisotopic (exact) mass is 227 g/mol. The molecule has 0 saturated heterocycles. The van der Waals surface area contributed by atoms with Crippen molar-refractivity contribution in [3.05, 3.63) is 29.3 Å². The third-order valence-corrected chi connectivity index (χ3v) is 4.02. The van der Waals surface area contributed by atoms with Crippen molar-refractivity contribution in [2.24, 2.45) is 0 Å². The van der Waals surface area contributed by atoms with Crippen molar-refractivity contribution in [3.8, 4) is 0 Å². The summed E-state index contributed by atoms with van der Waals surface area (Å²) in [6.45, 7) is 0. The highest BCUT2D eigenvalue weighted by Gasteiger charge is 2.22. The largest absolute Gasteiger partial charge is 0.465 e. The maximum atomic E-state index is 11.8. The number of thiol groups is 1. The van der Waals surface area contributed by atoms with Gasteiger partial charge in [0.1, 0.15) is 0 Å². The first-order chi connectivity index (χ1) is 7.02. The lowest BCUT2D eigenvalue weighted by molar-refractivity contribution is 0.0601. The van der Waals surface area contributed by atoms with Gasteiger partial charge in [-0.25, -0.2) is 4.79 Å². The molecule has 0 atom stereocenters. The van der Waals surface area contributed by atoms with Crippen LogP contribution in [0.25, 0.3) is 0 Å². The van der Waals surface area contributed by atoms with Gasteiger partial charge in [0.2, 0.25) is 0 Å². The second kappa shape index (κ2) is 3.34. The van der Waals surface area contributed by atoms with Crippen molar-refractivity contribution in [2.45, 2.75) is 5.75 Å². The lowest BCUT2D eigenvalue weighted by Gasteiger charge is -2.10. The Kier molecular flexibility index (Phi) is 2.26. The number of ether oxygens (including phenoxy) is 1. The van der Waals surface area contributed by atoms with Crippen LogP contribution in [0.2, 0.25) is 0 Å². The molecule has 0 aliphatic carbocycles. The number of benzene rings is 1. The molecule has 1 aliphatic heterocycles. The van der Waals surface area contributed by atoms with Crippen molar-refractivity contribution < 1.29 is 13.7 Å². The number of carbonyl (C=O) groups excluding carboxylic acids is 1. The minimum absolute atomic E-state index is 0.377. The van der Waals surface area contributed by atoms with E-state index in [2.05, 4.69) is 9.46 Å². The van der Waals surface area contributed by atoms with Crippen LogP contribution < -0.4 is 4.72 Å². The van der Waals surface area contributed by atoms with Crippen LogP contribution >= 0.6 is 0 Å². The number of fused-ring (bicyclic) bond motifs is 1. The molecule has 0 radical (unpaired) electrons. The third-order valence-electron chi connectivity index (χ3n) is 2.36. The molecule has 0 amide bonds. The summed E-state index contributed by atoms with van der Waals surface area (Å²) in [5.41, 5.74) is 2.25. The van der Waals surface area contributed by atoms with E-state index < -0.39 is 10.1 Å². The fourth-order valence-corrected chi connectivity index (χ4v) is 3.41. The highest BCUT2D eigenvalue weighted by atomic mass is 32.3. The van der Waals surface area contributed by atoms with Crippen LogP contribution in [0.5, 0.6) is 0 Å². The molecule has 0 unspecified atom stereocenters. The quantitative estimate of drug-likeness (QED) is 0.555. The van der Waals surface area contributed by atoms with Gasteiger partial charge in [0.15, 0.2) is 0 Å². The second-order valence-electron chi connectivity index (χ2n) is 3.73. The number of nitrogens with one attached hydrogen (secondary N) is 1. The number of methoxy groups -OCH3 is 1. The Morgan fingerprint density at radius 2 is 2.27 bits per heavy atom. The summed E-state index contributed by atoms with van der Waals surface area (Å²) in [5, 5.41) is 0. The van der Waals surface area contributed by atoms with Gasteiger partial charge in [0.05, 0.1) is 12.7 Å². The molecule has 0 fully saturated rings. The molecular formula is C10H13NO3S. The van der Waals surface area contributed by atoms with Crippen molar-refractivity contribution >= 4 is 21.8 Å². The SMILES string of the molecule is COC(=O)c1ccc2c(c1)N[SH](C)(=O)C2. The predicted molar refractivity (Wildman–Crippen MR) is 60.6 cm³/mol. The number of hydrogen-bond donors (Lipinski definition) is 2. The van der Waals surface area contributed by atoms with Crippen LogP contribution in [0.3, 0.4) is 0 Å². The normalized spacial score (nSPS) is 18.8. The average Bonchev–Trinajstić information content (AvgIpc) is 2.49. The van der Waals surface area contributed by atoms with Crippen molar-refractivity contribution in [2.75, 3.05) is 18.1 Å². The Morgan fingerprint density at radius 3 is 2.93 bits per heavy atom. The lowest BCUT2D eigenvalue weighted by Crippen LogP contribution is -2.14. The van der Waals surface area contributed by atoms with Gasteiger partial charge >= 0.3 is 5.97 Å². The first-order valence-electron chi connectivity index (χ1n) is 4.58. The smallest absolute Gasteiger partial charge is 0.337 e. The number of hydrogen-bond acceptors (Lipinski definition) is 3. The number of anilines is 1. The predicted octanol–water partition coefficient (Wildman–Crippen LogP) is 0.960. The van der Waals surface area contributed by atoms with Crippen molar-refractivity contribution in [1.82, 2.24) is 0 Å². The summed E-state index contributed by atoms with van der Waals surface area (Å²) in [7, 11) is -0.945. The van der Waals surface area contributed by atoms with E-state index in [9.17, 15) is 9.00 Å². The Balaban J connectivity index is 2.38. The molecular weight excluding hydrogens is 214 g/mol. The van der Waals surface area contributed by atoms with Crippen LogP contribution in [0.4, 0.5) is 5.69 Å². The zero-order chi connectivity index (χ0) is 11.1. The van der Waals surface area contributed by atoms with E-state index in [1.165, 1.54) is 7.11 Å². The molecule has 4 nitrogen and oxygen atoms in total. The Bertz CT molecular complexity index is 470. The Morgan fingerprint density at radius 1 is 1.53 bits per heavy atom. The number of rotatable bonds is 1. The maximum Gasteiger partial charge on any atom is 0.337 e. The van der Waals surface area contributed by atoms with Crippen LogP contribution in [0.1, 0.15) is 15.9 Å². The lowest BCUT2D eigenvalue weighted by atomic mass is 10.1. The minimum Gasteiger partial charge on any atom is -0.465 e. The van der Waals surface area contributed by atoms with Gasteiger partial charge in [0, 0.05) is 17.7 Å². The summed E-state index contributed by atoms with van der Waals surface area (Å²) >= 11 is 0. The Labute approximate surface area is 89.2 Å². The molecule has 1 N–H and O–H groups in total. The van der Waals surface area contributed by atoms with E-state index in [1.54, 1.807) is 18.4 Å². The molecule has 1 aliphatic rings. The molecule has 2 rings (SSSR count). The fourth-order valence-electron chi connectivity index (χ4n) is 1.68. The van der Waals surface area contributed by atoms with Gasteiger partial charge < -0.3 is 9.46 Å². The highest BCUT2D eigenvalue weighted by molar-refractivity contribution is 8.03. The molecule has 15 heavy (non-hydrogen) atoms. The van der Waals surface area contributed by atoms with Gasteiger partial charge in [-0.1, -0.05) is 6.07 Å². The minimum atomic E-state index is -2.29. The zero-order valence-corrected chi connectivity index (χ0v) is 9.51. The van der Waals surface area contributed by atoms with Gasteiger partial charge in [-0.15, -0.1) is 0 Å². The average molecular weight is 227 g/mol. The summed E-state index contributed by atoms with van der Waals surface area (Å²) in [6.07, 6.45) is 1.70. The van der Waals surface area contributed by atoms with Crippen LogP contribution in [-0.2, 0) is 20.6 Å². The fraction of sp³-hybridized carbons (Fsp3) is 0.300. The third kappa shape index (κ3) is 1.87. The molecule has 0 spiro atoms. The standard InChI is InChI=1S/C10H13NO3S/c1-14-10(12)7-3-4-8-6-15(2,13)11-9(8)5-7/h3-5,15H,6H2,1-2H3,(H,11,13). The summed E-state index contributed by atoms with van der Waals surface area (Å²) in [4.78, 5) is 11.3. The first-order valence-corrected chi connectivity index (χ1v) is 6.92. The van der Waals surface area contributed by atoms with Gasteiger partial charge in [-0.2, -0.15) is 0 Å². The van der Waals surface area contributed by atoms with Crippen LogP contribution in [-0.4, -0.2) is 23.5 Å². The van der Waals surface area contributed by atoms with Crippen LogP contribution in [0, 0.1) is 0 Å². The van der Waals surface area contributed by atoms with E-state index in [0.717, 1.165) is 11.3 Å². The van der Waals surface area contributed by atoms with E-state index in [1.807, 2.05) is 6.07 Å². The molecule has 82 valence electrons. The van der Waals surface area contributed by atoms with E-state index >= 15 is 0 Å². The van der Waals surface area contributed by atoms with Crippen molar-refractivity contribution in [3.63, 3.8) is 0 Å². The summed E-state index contributed by atoms with van der Waals surface area (Å²) < 4.78 is 19.3. The summed E-state index contributed by atoms with van der Waals surface area (Å²) in [6, 6.07) is 5.19. The number of esters is 1. The van der Waals surface area contributed by atoms with E-state index in [0.29, 0.717) is 11.3 Å². The molecule has 1 aromatic rings. The molecule has 0 aromatic heterocycles.